The number of hydrazine groups is 1. The lowest BCUT2D eigenvalue weighted by Crippen LogP contribution is -2.68. The van der Waals surface area contributed by atoms with Crippen LogP contribution in [0.4, 0.5) is 0 Å². The van der Waals surface area contributed by atoms with Gasteiger partial charge in [-0.3, -0.25) is 14.6 Å². The van der Waals surface area contributed by atoms with Crippen LogP contribution in [0.5, 0.6) is 11.5 Å². The standard InChI is InChI=1S/C18H21N3O5/c1-11(2)20-9-19(8-12-3-4-14-15(7-12)26-10-25-14)21-6-5-13(22)17(23)16(21)18(20)24/h3-7,11,16-17,23H,8-10H2,1-2H3. The van der Waals surface area contributed by atoms with Gasteiger partial charge in [-0.15, -0.1) is 0 Å². The highest BCUT2D eigenvalue weighted by atomic mass is 16.7. The van der Waals surface area contributed by atoms with Crippen LogP contribution in [0.3, 0.4) is 0 Å². The smallest absolute Gasteiger partial charge is 0.251 e. The lowest BCUT2D eigenvalue weighted by atomic mass is 10.00. The molecule has 2 unspecified atom stereocenters. The van der Waals surface area contributed by atoms with Crippen LogP contribution >= 0.6 is 0 Å². The zero-order chi connectivity index (χ0) is 18.4. The summed E-state index contributed by atoms with van der Waals surface area (Å²) in [5.41, 5.74) is 0.978. The number of carbonyl (C=O) groups is 2. The summed E-state index contributed by atoms with van der Waals surface area (Å²) in [6.45, 7) is 4.91. The van der Waals surface area contributed by atoms with Crippen molar-refractivity contribution >= 4 is 11.7 Å². The largest absolute Gasteiger partial charge is 0.454 e. The quantitative estimate of drug-likeness (QED) is 0.840. The summed E-state index contributed by atoms with van der Waals surface area (Å²) in [4.78, 5) is 26.3. The molecule has 138 valence electrons. The normalized spacial score (nSPS) is 25.2. The van der Waals surface area contributed by atoms with Gasteiger partial charge < -0.3 is 19.5 Å². The Hall–Kier alpha value is -2.58. The van der Waals surface area contributed by atoms with E-state index in [1.165, 1.54) is 6.08 Å². The third-order valence-corrected chi connectivity index (χ3v) is 4.87. The van der Waals surface area contributed by atoms with Gasteiger partial charge in [0.2, 0.25) is 6.79 Å². The molecule has 4 rings (SSSR count). The highest BCUT2D eigenvalue weighted by molar-refractivity contribution is 6.00. The number of benzene rings is 1. The van der Waals surface area contributed by atoms with Gasteiger partial charge in [0, 0.05) is 24.9 Å². The maximum Gasteiger partial charge on any atom is 0.251 e. The predicted octanol–water partition coefficient (Wildman–Crippen LogP) is 0.468. The molecule has 1 amide bonds. The van der Waals surface area contributed by atoms with E-state index in [4.69, 9.17) is 9.47 Å². The molecule has 0 aromatic heterocycles. The van der Waals surface area contributed by atoms with Gasteiger partial charge in [0.25, 0.3) is 5.91 Å². The van der Waals surface area contributed by atoms with Gasteiger partial charge in [-0.05, 0) is 31.5 Å². The van der Waals surface area contributed by atoms with Crippen molar-refractivity contribution in [2.75, 3.05) is 13.5 Å². The van der Waals surface area contributed by atoms with Crippen LogP contribution in [0.15, 0.2) is 30.5 Å². The molecule has 0 bridgehead atoms. The van der Waals surface area contributed by atoms with E-state index in [2.05, 4.69) is 0 Å². The molecule has 1 aromatic rings. The lowest BCUT2D eigenvalue weighted by molar-refractivity contribution is -0.184. The van der Waals surface area contributed by atoms with E-state index >= 15 is 0 Å². The molecule has 0 spiro atoms. The van der Waals surface area contributed by atoms with Crippen molar-refractivity contribution in [3.8, 4) is 11.5 Å². The molecule has 3 heterocycles. The van der Waals surface area contributed by atoms with Crippen molar-refractivity contribution in [3.05, 3.63) is 36.0 Å². The van der Waals surface area contributed by atoms with Crippen LogP contribution in [-0.2, 0) is 16.1 Å². The van der Waals surface area contributed by atoms with Crippen LogP contribution < -0.4 is 9.47 Å². The summed E-state index contributed by atoms with van der Waals surface area (Å²) in [5.74, 6) is 0.709. The fourth-order valence-electron chi connectivity index (χ4n) is 3.45. The van der Waals surface area contributed by atoms with Gasteiger partial charge in [-0.1, -0.05) is 6.07 Å². The van der Waals surface area contributed by atoms with Gasteiger partial charge in [0.05, 0.1) is 6.67 Å². The highest BCUT2D eigenvalue weighted by Crippen LogP contribution is 2.34. The van der Waals surface area contributed by atoms with Gasteiger partial charge >= 0.3 is 0 Å². The van der Waals surface area contributed by atoms with E-state index in [0.29, 0.717) is 24.7 Å². The van der Waals surface area contributed by atoms with Crippen molar-refractivity contribution in [2.45, 2.75) is 38.6 Å². The number of ketones is 1. The zero-order valence-corrected chi connectivity index (χ0v) is 14.7. The Kier molecular flexibility index (Phi) is 4.08. The maximum absolute atomic E-state index is 12.8. The van der Waals surface area contributed by atoms with E-state index in [-0.39, 0.29) is 18.7 Å². The minimum absolute atomic E-state index is 0.0443. The molecule has 0 saturated carbocycles. The number of aliphatic hydroxyl groups excluding tert-OH is 1. The first kappa shape index (κ1) is 16.9. The zero-order valence-electron chi connectivity index (χ0n) is 14.7. The summed E-state index contributed by atoms with van der Waals surface area (Å²) in [6, 6.07) is 4.72. The van der Waals surface area contributed by atoms with Crippen molar-refractivity contribution in [2.24, 2.45) is 0 Å². The Labute approximate surface area is 151 Å². The summed E-state index contributed by atoms with van der Waals surface area (Å²) in [6.07, 6.45) is 1.52. The van der Waals surface area contributed by atoms with Gasteiger partial charge in [-0.25, -0.2) is 0 Å². The minimum Gasteiger partial charge on any atom is -0.454 e. The number of aliphatic hydroxyl groups is 1. The van der Waals surface area contributed by atoms with E-state index in [0.717, 1.165) is 5.56 Å². The second kappa shape index (κ2) is 6.30. The molecule has 3 aliphatic rings. The average molecular weight is 359 g/mol. The number of fused-ring (bicyclic) bond motifs is 2. The molecular weight excluding hydrogens is 338 g/mol. The van der Waals surface area contributed by atoms with Crippen LogP contribution in [-0.4, -0.2) is 63.4 Å². The van der Waals surface area contributed by atoms with Crippen LogP contribution in [0.2, 0.25) is 0 Å². The topological polar surface area (TPSA) is 82.6 Å². The molecule has 0 aliphatic carbocycles. The third-order valence-electron chi connectivity index (χ3n) is 4.87. The van der Waals surface area contributed by atoms with E-state index in [9.17, 15) is 14.7 Å². The van der Waals surface area contributed by atoms with Gasteiger partial charge in [0.1, 0.15) is 6.10 Å². The van der Waals surface area contributed by atoms with Crippen molar-refractivity contribution < 1.29 is 24.2 Å². The highest BCUT2D eigenvalue weighted by Gasteiger charge is 2.46. The van der Waals surface area contributed by atoms with Gasteiger partial charge in [0.15, 0.2) is 23.3 Å². The first-order valence-electron chi connectivity index (χ1n) is 8.58. The Bertz CT molecular complexity index is 778. The lowest BCUT2D eigenvalue weighted by Gasteiger charge is -2.50. The molecule has 1 saturated heterocycles. The SMILES string of the molecule is CC(C)N1CN(Cc2ccc3c(c2)OCO3)N2C=CC(=O)C(O)C2C1=O. The van der Waals surface area contributed by atoms with Crippen LogP contribution in [0, 0.1) is 0 Å². The summed E-state index contributed by atoms with van der Waals surface area (Å²) in [5, 5.41) is 13.9. The third kappa shape index (κ3) is 2.71. The second-order valence-electron chi connectivity index (χ2n) is 6.88. The van der Waals surface area contributed by atoms with Crippen molar-refractivity contribution in [1.82, 2.24) is 14.9 Å². The monoisotopic (exact) mass is 359 g/mol. The van der Waals surface area contributed by atoms with E-state index in [1.54, 1.807) is 16.1 Å². The number of nitrogens with zero attached hydrogens (tertiary/aromatic N) is 3. The number of hydrogen-bond donors (Lipinski definition) is 1. The maximum atomic E-state index is 12.8. The minimum atomic E-state index is -1.37. The summed E-state index contributed by atoms with van der Waals surface area (Å²) < 4.78 is 10.8. The summed E-state index contributed by atoms with van der Waals surface area (Å²) >= 11 is 0. The van der Waals surface area contributed by atoms with Crippen molar-refractivity contribution in [3.63, 3.8) is 0 Å². The Morgan fingerprint density at radius 2 is 2.00 bits per heavy atom. The molecule has 8 heteroatoms. The van der Waals surface area contributed by atoms with E-state index in [1.807, 2.05) is 37.1 Å². The molecule has 2 atom stereocenters. The predicted molar refractivity (Wildman–Crippen MR) is 90.7 cm³/mol. The Morgan fingerprint density at radius 1 is 1.23 bits per heavy atom. The average Bonchev–Trinajstić information content (AvgIpc) is 3.07. The second-order valence-corrected chi connectivity index (χ2v) is 6.88. The molecule has 8 nitrogen and oxygen atoms in total. The summed E-state index contributed by atoms with van der Waals surface area (Å²) in [7, 11) is 0. The molecule has 1 N–H and O–H groups in total. The van der Waals surface area contributed by atoms with Crippen LogP contribution in [0.25, 0.3) is 0 Å². The number of carbonyl (C=O) groups excluding carboxylic acids is 2. The number of ether oxygens (including phenoxy) is 2. The van der Waals surface area contributed by atoms with E-state index < -0.39 is 17.9 Å². The fraction of sp³-hybridized carbons (Fsp3) is 0.444. The Balaban J connectivity index is 1.64. The molecule has 1 aromatic carbocycles. The number of rotatable bonds is 3. The van der Waals surface area contributed by atoms with Crippen molar-refractivity contribution in [1.29, 1.82) is 0 Å². The first-order chi connectivity index (χ1) is 12.5. The van der Waals surface area contributed by atoms with Crippen LogP contribution in [0.1, 0.15) is 19.4 Å². The Morgan fingerprint density at radius 3 is 2.77 bits per heavy atom. The molecule has 26 heavy (non-hydrogen) atoms. The molecular formula is C18H21N3O5. The molecule has 0 radical (unpaired) electrons. The molecule has 3 aliphatic heterocycles. The first-order valence-corrected chi connectivity index (χ1v) is 8.58. The fourth-order valence-corrected chi connectivity index (χ4v) is 3.45. The number of amides is 1. The number of hydrogen-bond acceptors (Lipinski definition) is 7. The van der Waals surface area contributed by atoms with Gasteiger partial charge in [-0.2, -0.15) is 5.01 Å². The molecule has 1 fully saturated rings.